The predicted molar refractivity (Wildman–Crippen MR) is 79.0 cm³/mol. The molecule has 1 heterocycles. The maximum atomic E-state index is 12.7. The van der Waals surface area contributed by atoms with Gasteiger partial charge in [-0.25, -0.2) is 4.79 Å². The Bertz CT molecular complexity index is 515. The Kier molecular flexibility index (Phi) is 4.34. The molecule has 7 atom stereocenters. The number of fused-ring (bicyclic) bond motifs is 2. The molecular formula is C17H24O6. The zero-order chi connectivity index (χ0) is 16.7. The fourth-order valence-electron chi connectivity index (χ4n) is 4.69. The molecule has 3 fully saturated rings. The number of hydrogen-bond acceptors (Lipinski definition) is 6. The van der Waals surface area contributed by atoms with Crippen molar-refractivity contribution in [1.29, 1.82) is 0 Å². The van der Waals surface area contributed by atoms with E-state index in [1.807, 2.05) is 0 Å². The minimum atomic E-state index is -0.822. The lowest BCUT2D eigenvalue weighted by molar-refractivity contribution is -0.172. The highest BCUT2D eigenvalue weighted by molar-refractivity contribution is 5.86. The highest BCUT2D eigenvalue weighted by atomic mass is 16.6. The van der Waals surface area contributed by atoms with Gasteiger partial charge in [-0.15, -0.1) is 0 Å². The molecule has 7 unspecified atom stereocenters. The van der Waals surface area contributed by atoms with Crippen molar-refractivity contribution in [3.8, 4) is 0 Å². The molecule has 6 heteroatoms. The van der Waals surface area contributed by atoms with Crippen LogP contribution in [0, 0.1) is 35.5 Å². The topological polar surface area (TPSA) is 78.9 Å². The van der Waals surface area contributed by atoms with Crippen molar-refractivity contribution >= 4 is 17.9 Å². The molecule has 0 aromatic rings. The molecule has 0 radical (unpaired) electrons. The summed E-state index contributed by atoms with van der Waals surface area (Å²) in [6, 6.07) is 0. The first-order valence-corrected chi connectivity index (χ1v) is 8.49. The van der Waals surface area contributed by atoms with Gasteiger partial charge in [0.2, 0.25) is 6.10 Å². The fourth-order valence-corrected chi connectivity index (χ4v) is 4.69. The second-order valence-electron chi connectivity index (χ2n) is 6.97. The van der Waals surface area contributed by atoms with Crippen LogP contribution in [0.3, 0.4) is 0 Å². The van der Waals surface area contributed by atoms with Crippen LogP contribution in [0.4, 0.5) is 0 Å². The third-order valence-corrected chi connectivity index (χ3v) is 6.01. The van der Waals surface area contributed by atoms with Crippen molar-refractivity contribution in [2.75, 3.05) is 13.2 Å². The van der Waals surface area contributed by atoms with Crippen LogP contribution in [0.25, 0.3) is 0 Å². The van der Waals surface area contributed by atoms with Crippen molar-refractivity contribution < 1.29 is 28.6 Å². The van der Waals surface area contributed by atoms with E-state index in [-0.39, 0.29) is 24.4 Å². The van der Waals surface area contributed by atoms with E-state index in [1.165, 1.54) is 0 Å². The van der Waals surface area contributed by atoms with Gasteiger partial charge in [0, 0.05) is 6.42 Å². The Morgan fingerprint density at radius 2 is 1.74 bits per heavy atom. The molecule has 1 aliphatic heterocycles. The van der Waals surface area contributed by atoms with Gasteiger partial charge in [0.25, 0.3) is 0 Å². The summed E-state index contributed by atoms with van der Waals surface area (Å²) in [6.07, 6.45) is 0.416. The van der Waals surface area contributed by atoms with Crippen LogP contribution in [0.1, 0.15) is 33.6 Å². The van der Waals surface area contributed by atoms with Crippen LogP contribution in [0.15, 0.2) is 0 Å². The summed E-state index contributed by atoms with van der Waals surface area (Å²) >= 11 is 0. The normalized spacial score (nSPS) is 41.7. The lowest BCUT2D eigenvalue weighted by Gasteiger charge is -2.35. The Balaban J connectivity index is 1.78. The van der Waals surface area contributed by atoms with Crippen LogP contribution in [-0.4, -0.2) is 37.2 Å². The quantitative estimate of drug-likeness (QED) is 0.577. The van der Waals surface area contributed by atoms with E-state index in [0.717, 1.165) is 6.42 Å². The molecule has 0 spiro atoms. The van der Waals surface area contributed by atoms with Crippen LogP contribution in [-0.2, 0) is 28.6 Å². The van der Waals surface area contributed by atoms with E-state index in [0.29, 0.717) is 24.9 Å². The van der Waals surface area contributed by atoms with E-state index in [2.05, 4.69) is 13.8 Å². The lowest BCUT2D eigenvalue weighted by Crippen LogP contribution is -2.43. The predicted octanol–water partition coefficient (Wildman–Crippen LogP) is 1.56. The molecule has 2 bridgehead atoms. The maximum Gasteiger partial charge on any atom is 0.347 e. The van der Waals surface area contributed by atoms with Crippen molar-refractivity contribution in [2.45, 2.75) is 39.7 Å². The lowest BCUT2D eigenvalue weighted by atomic mass is 9.69. The van der Waals surface area contributed by atoms with Gasteiger partial charge in [0.1, 0.15) is 0 Å². The summed E-state index contributed by atoms with van der Waals surface area (Å²) < 4.78 is 15.4. The van der Waals surface area contributed by atoms with Gasteiger partial charge in [-0.3, -0.25) is 9.59 Å². The van der Waals surface area contributed by atoms with Gasteiger partial charge in [-0.05, 0) is 37.0 Å². The molecule has 6 nitrogen and oxygen atoms in total. The second-order valence-corrected chi connectivity index (χ2v) is 6.97. The molecule has 3 aliphatic rings. The summed E-state index contributed by atoms with van der Waals surface area (Å²) in [5.74, 6) is -1.18. The zero-order valence-electron chi connectivity index (χ0n) is 13.8. The average molecular weight is 324 g/mol. The number of esters is 3. The Morgan fingerprint density at radius 1 is 1.13 bits per heavy atom. The Labute approximate surface area is 135 Å². The molecule has 128 valence electrons. The van der Waals surface area contributed by atoms with Crippen molar-refractivity contribution in [3.63, 3.8) is 0 Å². The number of carbonyl (C=O) groups is 3. The van der Waals surface area contributed by atoms with Crippen LogP contribution in [0.2, 0.25) is 0 Å². The molecular weight excluding hydrogens is 300 g/mol. The van der Waals surface area contributed by atoms with Crippen molar-refractivity contribution in [2.24, 2.45) is 35.5 Å². The standard InChI is InChI=1S/C17H24O6/c1-4-21-16(19)13-10-7-11(9(3)8(10)2)14(13)17(20)23-12-5-6-22-15(12)18/h8-14H,4-7H2,1-3H3. The minimum absolute atomic E-state index is 0.120. The van der Waals surface area contributed by atoms with Gasteiger partial charge in [-0.2, -0.15) is 0 Å². The first-order chi connectivity index (χ1) is 11.0. The summed E-state index contributed by atoms with van der Waals surface area (Å²) in [5.41, 5.74) is 0. The van der Waals surface area contributed by atoms with E-state index in [9.17, 15) is 14.4 Å². The molecule has 1 saturated heterocycles. The summed E-state index contributed by atoms with van der Waals surface area (Å²) in [5, 5.41) is 0. The van der Waals surface area contributed by atoms with Gasteiger partial charge in [0.05, 0.1) is 25.0 Å². The van der Waals surface area contributed by atoms with Crippen LogP contribution < -0.4 is 0 Å². The van der Waals surface area contributed by atoms with Gasteiger partial charge in [0.15, 0.2) is 0 Å². The third kappa shape index (κ3) is 2.62. The molecule has 2 aliphatic carbocycles. The maximum absolute atomic E-state index is 12.7. The van der Waals surface area contributed by atoms with E-state index >= 15 is 0 Å². The first-order valence-electron chi connectivity index (χ1n) is 8.49. The fraction of sp³-hybridized carbons (Fsp3) is 0.824. The summed E-state index contributed by atoms with van der Waals surface area (Å²) in [4.78, 5) is 36.6. The highest BCUT2D eigenvalue weighted by Crippen LogP contribution is 2.58. The van der Waals surface area contributed by atoms with E-state index in [1.54, 1.807) is 6.92 Å². The number of cyclic esters (lactones) is 1. The van der Waals surface area contributed by atoms with Gasteiger partial charge in [-0.1, -0.05) is 13.8 Å². The molecule has 0 N–H and O–H groups in total. The Hall–Kier alpha value is -1.59. The number of carbonyl (C=O) groups excluding carboxylic acids is 3. The molecule has 0 aromatic heterocycles. The van der Waals surface area contributed by atoms with E-state index < -0.39 is 29.9 Å². The summed E-state index contributed by atoms with van der Waals surface area (Å²) in [7, 11) is 0. The molecule has 0 aromatic carbocycles. The van der Waals surface area contributed by atoms with Gasteiger partial charge >= 0.3 is 17.9 Å². The first kappa shape index (κ1) is 16.3. The molecule has 2 saturated carbocycles. The number of ether oxygens (including phenoxy) is 3. The van der Waals surface area contributed by atoms with Crippen LogP contribution in [0.5, 0.6) is 0 Å². The molecule has 3 rings (SSSR count). The largest absolute Gasteiger partial charge is 0.466 e. The van der Waals surface area contributed by atoms with Crippen LogP contribution >= 0.6 is 0 Å². The number of hydrogen-bond donors (Lipinski definition) is 0. The third-order valence-electron chi connectivity index (χ3n) is 6.01. The van der Waals surface area contributed by atoms with E-state index in [4.69, 9.17) is 14.2 Å². The average Bonchev–Trinajstić information content (AvgIpc) is 3.16. The molecule has 23 heavy (non-hydrogen) atoms. The number of rotatable bonds is 4. The van der Waals surface area contributed by atoms with Crippen molar-refractivity contribution in [1.82, 2.24) is 0 Å². The summed E-state index contributed by atoms with van der Waals surface area (Å²) in [6.45, 7) is 6.60. The van der Waals surface area contributed by atoms with Gasteiger partial charge < -0.3 is 14.2 Å². The van der Waals surface area contributed by atoms with Crippen molar-refractivity contribution in [3.05, 3.63) is 0 Å². The zero-order valence-corrected chi connectivity index (χ0v) is 13.8. The molecule has 0 amide bonds. The SMILES string of the molecule is CCOC(=O)C1C2CC(C(C)C2C)C1C(=O)OC1CCOC1=O. The second kappa shape index (κ2) is 6.13. The smallest absolute Gasteiger partial charge is 0.347 e. The Morgan fingerprint density at radius 3 is 2.26 bits per heavy atom. The minimum Gasteiger partial charge on any atom is -0.466 e. The highest BCUT2D eigenvalue weighted by Gasteiger charge is 2.61. The monoisotopic (exact) mass is 324 g/mol.